The van der Waals surface area contributed by atoms with E-state index in [1.807, 2.05) is 0 Å². The van der Waals surface area contributed by atoms with Crippen molar-refractivity contribution in [1.82, 2.24) is 10.2 Å². The van der Waals surface area contributed by atoms with Crippen LogP contribution in [0.1, 0.15) is 66.2 Å². The number of nitrogens with two attached hydrogens (primary N) is 1. The third-order valence-corrected chi connectivity index (χ3v) is 4.86. The van der Waals surface area contributed by atoms with Crippen LogP contribution in [0.3, 0.4) is 0 Å². The van der Waals surface area contributed by atoms with Crippen LogP contribution in [0.5, 0.6) is 0 Å². The van der Waals surface area contributed by atoms with Crippen LogP contribution in [0, 0.1) is 0 Å². The molecule has 118 valence electrons. The van der Waals surface area contributed by atoms with Crippen molar-refractivity contribution < 1.29 is 4.79 Å². The predicted octanol–water partition coefficient (Wildman–Crippen LogP) is 2.27. The molecule has 0 spiro atoms. The van der Waals surface area contributed by atoms with E-state index in [1.165, 1.54) is 6.42 Å². The molecule has 1 saturated carbocycles. The third kappa shape index (κ3) is 3.95. The van der Waals surface area contributed by atoms with Crippen LogP contribution in [0.15, 0.2) is 0 Å². The summed E-state index contributed by atoms with van der Waals surface area (Å²) in [4.78, 5) is 14.5. The number of primary amides is 1. The van der Waals surface area contributed by atoms with E-state index in [-0.39, 0.29) is 11.9 Å². The SMILES string of the molecule is CCC(CC)N(C)C1CCCC(NC(C)C)(C(N)=O)C1. The molecule has 1 fully saturated rings. The first-order chi connectivity index (χ1) is 9.36. The van der Waals surface area contributed by atoms with Crippen LogP contribution in [-0.4, -0.2) is 41.5 Å². The summed E-state index contributed by atoms with van der Waals surface area (Å²) in [6, 6.07) is 1.33. The second-order valence-corrected chi connectivity index (χ2v) is 6.63. The fourth-order valence-corrected chi connectivity index (χ4v) is 3.73. The molecule has 0 bridgehead atoms. The minimum absolute atomic E-state index is 0.186. The maximum absolute atomic E-state index is 12.0. The first kappa shape index (κ1) is 17.4. The minimum Gasteiger partial charge on any atom is -0.368 e. The lowest BCUT2D eigenvalue weighted by Gasteiger charge is -2.45. The molecule has 4 heteroatoms. The first-order valence-corrected chi connectivity index (χ1v) is 8.15. The summed E-state index contributed by atoms with van der Waals surface area (Å²) in [5.74, 6) is -0.186. The summed E-state index contributed by atoms with van der Waals surface area (Å²) in [6.45, 7) is 8.64. The fraction of sp³-hybridized carbons (Fsp3) is 0.938. The number of rotatable bonds is 7. The Bertz CT molecular complexity index is 315. The number of hydrogen-bond acceptors (Lipinski definition) is 3. The Labute approximate surface area is 124 Å². The van der Waals surface area contributed by atoms with Crippen LogP contribution in [0.2, 0.25) is 0 Å². The Morgan fingerprint density at radius 1 is 1.40 bits per heavy atom. The van der Waals surface area contributed by atoms with Gasteiger partial charge in [0.25, 0.3) is 0 Å². The normalized spacial score (nSPS) is 27.5. The molecule has 0 heterocycles. The number of nitrogens with zero attached hydrogens (tertiary/aromatic N) is 1. The molecule has 1 amide bonds. The maximum atomic E-state index is 12.0. The van der Waals surface area contributed by atoms with Gasteiger partial charge < -0.3 is 16.0 Å². The molecule has 20 heavy (non-hydrogen) atoms. The van der Waals surface area contributed by atoms with Crippen LogP contribution in [0.4, 0.5) is 0 Å². The third-order valence-electron chi connectivity index (χ3n) is 4.86. The molecular formula is C16H33N3O. The number of carbonyl (C=O) groups is 1. The van der Waals surface area contributed by atoms with E-state index in [0.717, 1.165) is 32.1 Å². The molecule has 3 N–H and O–H groups in total. The highest BCUT2D eigenvalue weighted by Gasteiger charge is 2.43. The lowest BCUT2D eigenvalue weighted by molar-refractivity contribution is -0.127. The molecule has 0 aliphatic heterocycles. The highest BCUT2D eigenvalue weighted by atomic mass is 16.1. The van der Waals surface area contributed by atoms with Crippen LogP contribution in [-0.2, 0) is 4.79 Å². The van der Waals surface area contributed by atoms with E-state index in [2.05, 4.69) is 45.0 Å². The second kappa shape index (κ2) is 7.41. The van der Waals surface area contributed by atoms with E-state index in [1.54, 1.807) is 0 Å². The van der Waals surface area contributed by atoms with Crippen molar-refractivity contribution in [2.45, 2.75) is 89.9 Å². The Hall–Kier alpha value is -0.610. The van der Waals surface area contributed by atoms with Crippen molar-refractivity contribution in [3.05, 3.63) is 0 Å². The molecule has 1 aliphatic rings. The van der Waals surface area contributed by atoms with Gasteiger partial charge in [0.2, 0.25) is 5.91 Å². The van der Waals surface area contributed by atoms with E-state index < -0.39 is 5.54 Å². The van der Waals surface area contributed by atoms with Gasteiger partial charge in [-0.25, -0.2) is 0 Å². The molecule has 2 unspecified atom stereocenters. The molecule has 0 saturated heterocycles. The van der Waals surface area contributed by atoms with Crippen molar-refractivity contribution >= 4 is 5.91 Å². The lowest BCUT2D eigenvalue weighted by Crippen LogP contribution is -2.62. The van der Waals surface area contributed by atoms with Gasteiger partial charge in [-0.15, -0.1) is 0 Å². The second-order valence-electron chi connectivity index (χ2n) is 6.63. The first-order valence-electron chi connectivity index (χ1n) is 8.15. The highest BCUT2D eigenvalue weighted by molar-refractivity contribution is 5.85. The maximum Gasteiger partial charge on any atom is 0.237 e. The average molecular weight is 283 g/mol. The van der Waals surface area contributed by atoms with E-state index in [0.29, 0.717) is 12.1 Å². The summed E-state index contributed by atoms with van der Waals surface area (Å²) in [5, 5.41) is 3.45. The lowest BCUT2D eigenvalue weighted by atomic mass is 9.77. The smallest absolute Gasteiger partial charge is 0.237 e. The molecule has 0 radical (unpaired) electrons. The zero-order chi connectivity index (χ0) is 15.3. The van der Waals surface area contributed by atoms with Gasteiger partial charge in [0, 0.05) is 18.1 Å². The fourth-order valence-electron chi connectivity index (χ4n) is 3.73. The predicted molar refractivity (Wildman–Crippen MR) is 84.6 cm³/mol. The van der Waals surface area contributed by atoms with E-state index in [9.17, 15) is 4.79 Å². The molecule has 1 aliphatic carbocycles. The van der Waals surface area contributed by atoms with Crippen molar-refractivity contribution in [2.75, 3.05) is 7.05 Å². The van der Waals surface area contributed by atoms with Gasteiger partial charge in [0.1, 0.15) is 0 Å². The molecule has 4 nitrogen and oxygen atoms in total. The number of nitrogens with one attached hydrogen (secondary N) is 1. The van der Waals surface area contributed by atoms with E-state index in [4.69, 9.17) is 5.73 Å². The summed E-state index contributed by atoms with van der Waals surface area (Å²) in [6.07, 6.45) is 6.26. The Kier molecular flexibility index (Phi) is 6.46. The van der Waals surface area contributed by atoms with Crippen molar-refractivity contribution in [3.8, 4) is 0 Å². The molecule has 2 atom stereocenters. The summed E-state index contributed by atoms with van der Waals surface area (Å²) in [7, 11) is 2.20. The van der Waals surface area contributed by atoms with Gasteiger partial charge in [0.15, 0.2) is 0 Å². The molecule has 0 aromatic rings. The molecule has 0 aromatic carbocycles. The average Bonchev–Trinajstić information content (AvgIpc) is 2.39. The highest BCUT2D eigenvalue weighted by Crippen LogP contribution is 2.32. The minimum atomic E-state index is -0.516. The van der Waals surface area contributed by atoms with Gasteiger partial charge in [0.05, 0.1) is 5.54 Å². The van der Waals surface area contributed by atoms with Crippen LogP contribution < -0.4 is 11.1 Å². The Balaban J connectivity index is 2.84. The van der Waals surface area contributed by atoms with Crippen LogP contribution >= 0.6 is 0 Å². The Morgan fingerprint density at radius 3 is 2.45 bits per heavy atom. The topological polar surface area (TPSA) is 58.4 Å². The van der Waals surface area contributed by atoms with Crippen molar-refractivity contribution in [2.24, 2.45) is 5.73 Å². The standard InChI is InChI=1S/C16H33N3O/c1-6-13(7-2)19(5)14-9-8-10-16(11-14,15(17)20)18-12(3)4/h12-14,18H,6-11H2,1-5H3,(H2,17,20). The van der Waals surface area contributed by atoms with Crippen molar-refractivity contribution in [1.29, 1.82) is 0 Å². The number of amides is 1. The van der Waals surface area contributed by atoms with Gasteiger partial charge in [-0.05, 0) is 59.4 Å². The zero-order valence-corrected chi connectivity index (χ0v) is 13.9. The van der Waals surface area contributed by atoms with Gasteiger partial charge in [-0.3, -0.25) is 4.79 Å². The zero-order valence-electron chi connectivity index (χ0n) is 13.9. The number of carbonyl (C=O) groups excluding carboxylic acids is 1. The monoisotopic (exact) mass is 283 g/mol. The van der Waals surface area contributed by atoms with Crippen molar-refractivity contribution in [3.63, 3.8) is 0 Å². The van der Waals surface area contributed by atoms with Gasteiger partial charge in [-0.1, -0.05) is 13.8 Å². The largest absolute Gasteiger partial charge is 0.368 e. The Morgan fingerprint density at radius 2 is 2.00 bits per heavy atom. The molecular weight excluding hydrogens is 250 g/mol. The van der Waals surface area contributed by atoms with Gasteiger partial charge in [-0.2, -0.15) is 0 Å². The van der Waals surface area contributed by atoms with Crippen LogP contribution in [0.25, 0.3) is 0 Å². The quantitative estimate of drug-likeness (QED) is 0.753. The summed E-state index contributed by atoms with van der Waals surface area (Å²) < 4.78 is 0. The number of hydrogen-bond donors (Lipinski definition) is 2. The molecule has 1 rings (SSSR count). The summed E-state index contributed by atoms with van der Waals surface area (Å²) >= 11 is 0. The van der Waals surface area contributed by atoms with E-state index >= 15 is 0 Å². The van der Waals surface area contributed by atoms with Gasteiger partial charge >= 0.3 is 0 Å². The summed E-state index contributed by atoms with van der Waals surface area (Å²) in [5.41, 5.74) is 5.22. The molecule has 0 aromatic heterocycles.